The van der Waals surface area contributed by atoms with Gasteiger partial charge in [-0.1, -0.05) is 176 Å². The standard InChI is InChI=1S/C36H50OS/c1-2-3-4-5-6-7-8-9-10-11-12-13-14-15-19-26-36(38-30-35(37)32-23-17-16-18-24-32)34-28-27-31-22-20-21-25-33(31)29-34/h16-18,20-25,27-29,36H,2-15,19,26,30H2,1H3. The summed E-state index contributed by atoms with van der Waals surface area (Å²) in [5.74, 6) is 0.776. The van der Waals surface area contributed by atoms with Crippen LogP contribution in [0.2, 0.25) is 0 Å². The minimum absolute atomic E-state index is 0.234. The highest BCUT2D eigenvalue weighted by atomic mass is 32.2. The number of Topliss-reactive ketones (excluding diaryl/α,β-unsaturated/α-hetero) is 1. The largest absolute Gasteiger partial charge is 0.293 e. The Hall–Kier alpha value is -2.06. The molecule has 0 spiro atoms. The van der Waals surface area contributed by atoms with E-state index in [1.165, 1.54) is 113 Å². The van der Waals surface area contributed by atoms with Crippen LogP contribution in [0.5, 0.6) is 0 Å². The molecule has 0 saturated carbocycles. The summed E-state index contributed by atoms with van der Waals surface area (Å²) in [5.41, 5.74) is 2.18. The van der Waals surface area contributed by atoms with Crippen molar-refractivity contribution in [2.24, 2.45) is 0 Å². The van der Waals surface area contributed by atoms with E-state index in [9.17, 15) is 4.79 Å². The van der Waals surface area contributed by atoms with Crippen LogP contribution in [0.15, 0.2) is 72.8 Å². The van der Waals surface area contributed by atoms with E-state index < -0.39 is 0 Å². The van der Waals surface area contributed by atoms with Gasteiger partial charge in [0.1, 0.15) is 0 Å². The van der Waals surface area contributed by atoms with Gasteiger partial charge in [0.05, 0.1) is 5.75 Å². The zero-order valence-corrected chi connectivity index (χ0v) is 24.7. The third-order valence-corrected chi connectivity index (χ3v) is 9.07. The molecule has 0 aromatic heterocycles. The summed E-state index contributed by atoms with van der Waals surface area (Å²) in [5, 5.41) is 2.95. The molecule has 0 bridgehead atoms. The van der Waals surface area contributed by atoms with Crippen LogP contribution in [0.25, 0.3) is 10.8 Å². The van der Waals surface area contributed by atoms with Crippen LogP contribution in [0, 0.1) is 0 Å². The van der Waals surface area contributed by atoms with Gasteiger partial charge in [0.25, 0.3) is 0 Å². The second kappa shape index (κ2) is 19.1. The van der Waals surface area contributed by atoms with Gasteiger partial charge in [-0.25, -0.2) is 0 Å². The van der Waals surface area contributed by atoms with E-state index in [-0.39, 0.29) is 5.78 Å². The number of hydrogen-bond donors (Lipinski definition) is 0. The topological polar surface area (TPSA) is 17.1 Å². The van der Waals surface area contributed by atoms with Gasteiger partial charge in [-0.15, -0.1) is 11.8 Å². The van der Waals surface area contributed by atoms with Crippen LogP contribution in [0.4, 0.5) is 0 Å². The van der Waals surface area contributed by atoms with Crippen LogP contribution in [0.3, 0.4) is 0 Å². The number of carbonyl (C=O) groups excluding carboxylic acids is 1. The van der Waals surface area contributed by atoms with E-state index in [2.05, 4.69) is 49.4 Å². The van der Waals surface area contributed by atoms with Gasteiger partial charge in [0.15, 0.2) is 5.78 Å². The smallest absolute Gasteiger partial charge is 0.172 e. The predicted molar refractivity (Wildman–Crippen MR) is 169 cm³/mol. The predicted octanol–water partition coefficient (Wildman–Crippen LogP) is 11.8. The number of thioether (sulfide) groups is 1. The van der Waals surface area contributed by atoms with Crippen LogP contribution in [0.1, 0.15) is 131 Å². The Morgan fingerprint density at radius 3 is 1.74 bits per heavy atom. The molecular formula is C36H50OS. The van der Waals surface area contributed by atoms with Gasteiger partial charge in [0.2, 0.25) is 0 Å². The lowest BCUT2D eigenvalue weighted by Gasteiger charge is -2.18. The summed E-state index contributed by atoms with van der Waals surface area (Å²) >= 11 is 1.82. The van der Waals surface area contributed by atoms with Gasteiger partial charge in [-0.3, -0.25) is 4.79 Å². The van der Waals surface area contributed by atoms with Gasteiger partial charge in [-0.2, -0.15) is 0 Å². The van der Waals surface area contributed by atoms with E-state index in [1.54, 1.807) is 0 Å². The first kappa shape index (κ1) is 30.5. The summed E-state index contributed by atoms with van der Waals surface area (Å²) in [7, 11) is 0. The molecule has 0 aliphatic carbocycles. The number of rotatable bonds is 21. The fourth-order valence-electron chi connectivity index (χ4n) is 5.34. The quantitative estimate of drug-likeness (QED) is 0.101. The van der Waals surface area contributed by atoms with E-state index in [0.29, 0.717) is 11.0 Å². The fourth-order valence-corrected chi connectivity index (χ4v) is 6.53. The van der Waals surface area contributed by atoms with E-state index >= 15 is 0 Å². The third-order valence-electron chi connectivity index (χ3n) is 7.73. The van der Waals surface area contributed by atoms with Gasteiger partial charge in [0, 0.05) is 10.8 Å². The summed E-state index contributed by atoms with van der Waals surface area (Å²) in [4.78, 5) is 12.8. The molecule has 3 aromatic rings. The Morgan fingerprint density at radius 2 is 1.13 bits per heavy atom. The Bertz CT molecular complexity index is 1030. The van der Waals surface area contributed by atoms with Crippen molar-refractivity contribution >= 4 is 28.3 Å². The second-order valence-corrected chi connectivity index (χ2v) is 12.1. The lowest BCUT2D eigenvalue weighted by atomic mass is 10.0. The summed E-state index contributed by atoms with van der Waals surface area (Å²) in [6.45, 7) is 2.29. The summed E-state index contributed by atoms with van der Waals surface area (Å²) < 4.78 is 0. The molecule has 3 aromatic carbocycles. The van der Waals surface area contributed by atoms with Crippen molar-refractivity contribution in [2.45, 2.75) is 115 Å². The van der Waals surface area contributed by atoms with Gasteiger partial charge in [-0.05, 0) is 22.8 Å². The van der Waals surface area contributed by atoms with Crippen molar-refractivity contribution in [1.82, 2.24) is 0 Å². The molecule has 0 amide bonds. The minimum Gasteiger partial charge on any atom is -0.293 e. The average molecular weight is 531 g/mol. The molecule has 38 heavy (non-hydrogen) atoms. The molecule has 3 rings (SSSR count). The second-order valence-electron chi connectivity index (χ2n) is 10.9. The van der Waals surface area contributed by atoms with Gasteiger partial charge >= 0.3 is 0 Å². The number of benzene rings is 3. The lowest BCUT2D eigenvalue weighted by molar-refractivity contribution is 0.102. The Kier molecular flexibility index (Phi) is 15.3. The Labute approximate surface area is 237 Å². The molecular weight excluding hydrogens is 480 g/mol. The highest BCUT2D eigenvalue weighted by Crippen LogP contribution is 2.36. The third kappa shape index (κ3) is 11.8. The molecule has 0 heterocycles. The number of fused-ring (bicyclic) bond motifs is 1. The molecule has 2 heteroatoms. The molecule has 0 fully saturated rings. The van der Waals surface area contributed by atoms with Crippen LogP contribution >= 0.6 is 11.8 Å². The number of ketones is 1. The first-order valence-corrected chi connectivity index (χ1v) is 16.5. The maximum Gasteiger partial charge on any atom is 0.172 e. The number of unbranched alkanes of at least 4 members (excludes halogenated alkanes) is 14. The molecule has 0 saturated heterocycles. The average Bonchev–Trinajstić information content (AvgIpc) is 2.96. The number of hydrogen-bond acceptors (Lipinski definition) is 2. The van der Waals surface area contributed by atoms with Crippen molar-refractivity contribution in [3.05, 3.63) is 83.9 Å². The minimum atomic E-state index is 0.234. The maximum atomic E-state index is 12.8. The highest BCUT2D eigenvalue weighted by Gasteiger charge is 2.16. The zero-order chi connectivity index (χ0) is 26.7. The maximum absolute atomic E-state index is 12.8. The Morgan fingerprint density at radius 1 is 0.605 bits per heavy atom. The summed E-state index contributed by atoms with van der Waals surface area (Å²) in [6.07, 6.45) is 22.0. The molecule has 0 N–H and O–H groups in total. The van der Waals surface area contributed by atoms with Crippen molar-refractivity contribution in [1.29, 1.82) is 0 Å². The fraction of sp³-hybridized carbons (Fsp3) is 0.528. The van der Waals surface area contributed by atoms with Crippen molar-refractivity contribution in [2.75, 3.05) is 5.75 Å². The molecule has 0 aliphatic heterocycles. The number of carbonyl (C=O) groups is 1. The van der Waals surface area contributed by atoms with Crippen LogP contribution in [-0.4, -0.2) is 11.5 Å². The summed E-state index contributed by atoms with van der Waals surface area (Å²) in [6, 6.07) is 25.2. The van der Waals surface area contributed by atoms with E-state index in [4.69, 9.17) is 0 Å². The lowest BCUT2D eigenvalue weighted by Crippen LogP contribution is -2.05. The van der Waals surface area contributed by atoms with Crippen LogP contribution in [-0.2, 0) is 0 Å². The molecule has 1 unspecified atom stereocenters. The van der Waals surface area contributed by atoms with E-state index in [1.807, 2.05) is 42.1 Å². The van der Waals surface area contributed by atoms with Gasteiger partial charge < -0.3 is 0 Å². The zero-order valence-electron chi connectivity index (χ0n) is 23.8. The highest BCUT2D eigenvalue weighted by molar-refractivity contribution is 8.00. The monoisotopic (exact) mass is 530 g/mol. The Balaban J connectivity index is 1.35. The van der Waals surface area contributed by atoms with Crippen LogP contribution < -0.4 is 0 Å². The van der Waals surface area contributed by atoms with Crippen molar-refractivity contribution in [3.8, 4) is 0 Å². The molecule has 0 radical (unpaired) electrons. The first-order valence-electron chi connectivity index (χ1n) is 15.5. The van der Waals surface area contributed by atoms with Crippen molar-refractivity contribution < 1.29 is 4.79 Å². The normalized spacial score (nSPS) is 12.1. The van der Waals surface area contributed by atoms with E-state index in [0.717, 1.165) is 12.0 Å². The first-order chi connectivity index (χ1) is 18.8. The SMILES string of the molecule is CCCCCCCCCCCCCCCCCC(SCC(=O)c1ccccc1)c1ccc2ccccc2c1. The molecule has 206 valence electrons. The molecule has 1 atom stereocenters. The molecule has 1 nitrogen and oxygen atoms in total. The van der Waals surface area contributed by atoms with Crippen molar-refractivity contribution in [3.63, 3.8) is 0 Å². The molecule has 0 aliphatic rings.